The summed E-state index contributed by atoms with van der Waals surface area (Å²) in [5, 5.41) is 60.0. The molecule has 8 N–H and O–H groups in total. The average Bonchev–Trinajstić information content (AvgIpc) is 2.12. The van der Waals surface area contributed by atoms with Crippen LogP contribution in [0.25, 0.3) is 22.3 Å². The zero-order valence-corrected chi connectivity index (χ0v) is 52.1. The number of carbonyl (C=O) groups is 7. The molecule has 0 spiro atoms. The van der Waals surface area contributed by atoms with E-state index in [2.05, 4.69) is 31.5 Å². The third-order valence-electron chi connectivity index (χ3n) is 12.8. The molecule has 0 fully saturated rings. The first-order chi connectivity index (χ1) is 41.0. The summed E-state index contributed by atoms with van der Waals surface area (Å²) >= 11 is 4.49. The number of carboxylic acids is 2. The van der Waals surface area contributed by atoms with E-state index >= 15 is 0 Å². The van der Waals surface area contributed by atoms with E-state index in [1.165, 1.54) is 84.1 Å². The molecule has 4 amide bonds. The number of amides is 4. The van der Waals surface area contributed by atoms with E-state index in [9.17, 15) is 48.3 Å². The Morgan fingerprint density at radius 3 is 1.21 bits per heavy atom. The van der Waals surface area contributed by atoms with Gasteiger partial charge in [-0.15, -0.1) is 0 Å². The van der Waals surface area contributed by atoms with Crippen LogP contribution in [0.3, 0.4) is 0 Å². The van der Waals surface area contributed by atoms with Gasteiger partial charge in [0.1, 0.15) is 24.2 Å². The molecule has 7 rings (SSSR count). The van der Waals surface area contributed by atoms with Gasteiger partial charge in [-0.05, 0) is 101 Å². The van der Waals surface area contributed by atoms with Crippen molar-refractivity contribution < 1.29 is 88.8 Å². The second kappa shape index (κ2) is 36.6. The fourth-order valence-corrected chi connectivity index (χ4v) is 10.3. The van der Waals surface area contributed by atoms with Crippen LogP contribution in [0.4, 0.5) is 0 Å². The molecule has 0 unspecified atom stereocenters. The van der Waals surface area contributed by atoms with Crippen LogP contribution in [0, 0.1) is 11.8 Å². The molecule has 0 saturated carbocycles. The quantitative estimate of drug-likeness (QED) is 0.0187. The molecular weight excluding hydrogens is 1180 g/mol. The van der Waals surface area contributed by atoms with Crippen molar-refractivity contribution in [3.05, 3.63) is 160 Å². The SMILES string of the molecule is COC(=O)[C@H](Cc1ccc(-c2c(OC)cnn(C)c2=O)cc1)NC(=O)[C@H](NC(=O)Cc1ccsc1)C(C)C.COc1cnn(C)c(=O)c1-c1ccc(C[C@H](NC(=O)[C@H](NC(=O)Cc2ccsc2)C(C)C)C(=O)O)cc1.O=C(O)Cc1ccsc1.OO.[H-].[Li+]. The molecule has 4 atom stereocenters. The Morgan fingerprint density at radius 2 is 0.897 bits per heavy atom. The maximum absolute atomic E-state index is 13.1. The minimum absolute atomic E-state index is 0. The normalized spacial score (nSPS) is 11.8. The Bertz CT molecular complexity index is 3460. The van der Waals surface area contributed by atoms with Gasteiger partial charge in [0.15, 0.2) is 11.5 Å². The molecule has 0 bridgehead atoms. The first-order valence-corrected chi connectivity index (χ1v) is 29.2. The van der Waals surface area contributed by atoms with Crippen molar-refractivity contribution in [2.45, 2.75) is 84.0 Å². The van der Waals surface area contributed by atoms with Gasteiger partial charge >= 0.3 is 36.8 Å². The zero-order valence-electron chi connectivity index (χ0n) is 50.7. The van der Waals surface area contributed by atoms with E-state index < -0.39 is 53.9 Å². The number of thiophene rings is 3. The van der Waals surface area contributed by atoms with Gasteiger partial charge in [-0.3, -0.25) is 44.1 Å². The number of hydrogen-bond donors (Lipinski definition) is 8. The van der Waals surface area contributed by atoms with Crippen molar-refractivity contribution >= 4 is 75.5 Å². The van der Waals surface area contributed by atoms with Gasteiger partial charge in [0.05, 0.1) is 64.1 Å². The monoisotopic (exact) mass is 1250 g/mol. The largest absolute Gasteiger partial charge is 1.00 e. The maximum Gasteiger partial charge on any atom is 1.00 e. The van der Waals surface area contributed by atoms with E-state index in [4.69, 9.17) is 29.8 Å². The molecular formula is C59H71LiN8O16S3. The zero-order chi connectivity index (χ0) is 63.6. The second-order valence-corrected chi connectivity index (χ2v) is 22.1. The molecule has 0 radical (unpaired) electrons. The summed E-state index contributed by atoms with van der Waals surface area (Å²) in [5.74, 6) is -4.00. The number of benzene rings is 2. The number of nitrogens with zero attached hydrogens (tertiary/aromatic N) is 4. The predicted octanol–water partition coefficient (Wildman–Crippen LogP) is 2.62. The first-order valence-electron chi connectivity index (χ1n) is 26.4. The number of carboxylic acid groups (broad SMARTS) is 2. The van der Waals surface area contributed by atoms with Gasteiger partial charge in [0, 0.05) is 26.9 Å². The van der Waals surface area contributed by atoms with Crippen molar-refractivity contribution in [3.8, 4) is 33.8 Å². The minimum Gasteiger partial charge on any atom is -1.00 e. The van der Waals surface area contributed by atoms with Crippen LogP contribution in [-0.4, -0.2) is 127 Å². The minimum atomic E-state index is -1.21. The summed E-state index contributed by atoms with van der Waals surface area (Å²) in [4.78, 5) is 111. The summed E-state index contributed by atoms with van der Waals surface area (Å²) in [5.41, 5.74) is 5.26. The molecule has 0 saturated heterocycles. The van der Waals surface area contributed by atoms with Crippen molar-refractivity contribution in [2.24, 2.45) is 25.9 Å². The molecule has 462 valence electrons. The fourth-order valence-electron chi connectivity index (χ4n) is 8.28. The third-order valence-corrected chi connectivity index (χ3v) is 15.0. The average molecular weight is 1250 g/mol. The standard InChI is InChI=1S/C27H32N4O6S.C26H30N4O6S.C6H6O2S.Li.H2O2.H/c1-16(2)24(30-22(32)13-18-10-11-38-15-18)25(33)29-20(27(35)37-5)12-17-6-8-19(9-7-17)23-21(36-4)14-28-31(3)26(23)34;1-15(2)23(29-21(31)12-17-9-10-37-14-17)24(32)28-19(26(34)35)11-16-5-7-18(8-6-16)22-20(36-4)13-27-30(3)25(22)33;7-6(8)3-5-1-2-9-4-5;;1-2;/h6-11,14-16,20,24H,12-13H2,1-5H3,(H,29,33)(H,30,32);5-10,13-15,19,23H,11-12H2,1-4H3,(H,28,32)(H,29,31)(H,34,35);1-2,4H,3H2,(H,7,8);;1-2H;/q;;;+1;;-1/t20-,24+;19-,23+;;;;/m00..../s1. The Hall–Kier alpha value is -8.29. The van der Waals surface area contributed by atoms with Crippen LogP contribution in [-0.2, 0) is 84.5 Å². The van der Waals surface area contributed by atoms with Crippen LogP contribution < -0.4 is 60.7 Å². The van der Waals surface area contributed by atoms with Gasteiger partial charge in [-0.1, -0.05) is 76.2 Å². The second-order valence-electron chi connectivity index (χ2n) is 19.7. The number of carbonyl (C=O) groups excluding carboxylic acids is 5. The van der Waals surface area contributed by atoms with Gasteiger partial charge in [0.2, 0.25) is 23.6 Å². The van der Waals surface area contributed by atoms with E-state index in [1.807, 2.05) is 64.3 Å². The number of aromatic nitrogens is 4. The molecule has 5 aromatic heterocycles. The Balaban J connectivity index is 0.000000501. The summed E-state index contributed by atoms with van der Waals surface area (Å²) in [6.45, 7) is 7.19. The number of methoxy groups -OCH3 is 3. The number of rotatable bonds is 24. The van der Waals surface area contributed by atoms with Crippen molar-refractivity contribution in [2.75, 3.05) is 21.3 Å². The van der Waals surface area contributed by atoms with Crippen LogP contribution >= 0.6 is 34.0 Å². The van der Waals surface area contributed by atoms with Crippen molar-refractivity contribution in [3.63, 3.8) is 0 Å². The number of esters is 1. The Kier molecular flexibility index (Phi) is 30.7. The summed E-state index contributed by atoms with van der Waals surface area (Å²) < 4.78 is 17.9. The van der Waals surface area contributed by atoms with E-state index in [-0.39, 0.29) is 87.2 Å². The molecule has 24 nitrogen and oxygen atoms in total. The smallest absolute Gasteiger partial charge is 1.00 e. The van der Waals surface area contributed by atoms with E-state index in [1.54, 1.807) is 69.4 Å². The van der Waals surface area contributed by atoms with Crippen LogP contribution in [0.1, 0.15) is 56.9 Å². The van der Waals surface area contributed by atoms with E-state index in [0.717, 1.165) is 22.3 Å². The molecule has 0 aliphatic heterocycles. The van der Waals surface area contributed by atoms with Crippen LogP contribution in [0.5, 0.6) is 11.5 Å². The topological polar surface area (TPSA) is 346 Å². The summed E-state index contributed by atoms with van der Waals surface area (Å²) in [6.07, 6.45) is 3.53. The molecule has 87 heavy (non-hydrogen) atoms. The molecule has 7 aromatic rings. The van der Waals surface area contributed by atoms with Crippen LogP contribution in [0.2, 0.25) is 0 Å². The third kappa shape index (κ3) is 22.5. The number of aliphatic carboxylic acids is 2. The molecule has 0 aliphatic carbocycles. The van der Waals surface area contributed by atoms with Gasteiger partial charge in [0.25, 0.3) is 11.1 Å². The molecule has 5 heterocycles. The fraction of sp³-hybridized carbons (Fsp3) is 0.339. The Morgan fingerprint density at radius 1 is 0.540 bits per heavy atom. The number of ether oxygens (including phenoxy) is 3. The summed E-state index contributed by atoms with van der Waals surface area (Å²) in [6, 6.07) is 15.4. The van der Waals surface area contributed by atoms with Gasteiger partial charge < -0.3 is 47.1 Å². The first kappa shape index (κ1) is 73.0. The molecule has 0 aliphatic rings. The van der Waals surface area contributed by atoms with Gasteiger partial charge in [-0.2, -0.15) is 44.2 Å². The van der Waals surface area contributed by atoms with Crippen molar-refractivity contribution in [1.29, 1.82) is 0 Å². The van der Waals surface area contributed by atoms with E-state index in [0.29, 0.717) is 39.3 Å². The molecule has 28 heteroatoms. The van der Waals surface area contributed by atoms with Crippen molar-refractivity contribution in [1.82, 2.24) is 40.8 Å². The van der Waals surface area contributed by atoms with Crippen LogP contribution in [0.15, 0.2) is 121 Å². The van der Waals surface area contributed by atoms with Gasteiger partial charge in [-0.25, -0.2) is 19.0 Å². The molecule has 2 aromatic carbocycles. The predicted molar refractivity (Wildman–Crippen MR) is 325 cm³/mol. The maximum atomic E-state index is 13.1. The number of nitrogens with one attached hydrogen (secondary N) is 4. The summed E-state index contributed by atoms with van der Waals surface area (Å²) in [7, 11) is 7.25. The number of aryl methyl sites for hydroxylation is 2. The Labute approximate surface area is 527 Å². The number of hydrogen-bond acceptors (Lipinski definition) is 19.